The van der Waals surface area contributed by atoms with Gasteiger partial charge in [0.15, 0.2) is 28.7 Å². The summed E-state index contributed by atoms with van der Waals surface area (Å²) in [5.74, 6) is -0.187. The Morgan fingerprint density at radius 2 is 0.865 bits per heavy atom. The minimum absolute atomic E-state index is 0.000925. The first-order valence-corrected chi connectivity index (χ1v) is 36.5. The summed E-state index contributed by atoms with van der Waals surface area (Å²) in [6, 6.07) is 42.8. The molecule has 0 saturated heterocycles. The van der Waals surface area contributed by atoms with Crippen LogP contribution in [0.4, 0.5) is 16.4 Å². The second-order valence-electron chi connectivity index (χ2n) is 28.0. The zero-order valence-corrected chi connectivity index (χ0v) is 58.6. The second-order valence-corrected chi connectivity index (χ2v) is 28.0. The third-order valence-corrected chi connectivity index (χ3v) is 20.7. The lowest BCUT2D eigenvalue weighted by Crippen LogP contribution is -2.49. The minimum Gasteiger partial charge on any atom is -0.348 e. The molecule has 16 rings (SSSR count). The van der Waals surface area contributed by atoms with E-state index in [0.29, 0.717) is 35.6 Å². The van der Waals surface area contributed by atoms with Gasteiger partial charge in [-0.2, -0.15) is 0 Å². The van der Waals surface area contributed by atoms with Crippen molar-refractivity contribution in [1.82, 2.24) is 65.6 Å². The van der Waals surface area contributed by atoms with Gasteiger partial charge in [-0.1, -0.05) is 166 Å². The topological polar surface area (TPSA) is 289 Å². The highest BCUT2D eigenvalue weighted by Crippen LogP contribution is 2.33. The summed E-state index contributed by atoms with van der Waals surface area (Å²) >= 11 is 0. The highest BCUT2D eigenvalue weighted by Gasteiger charge is 2.40. The van der Waals surface area contributed by atoms with E-state index in [4.69, 9.17) is 0 Å². The van der Waals surface area contributed by atoms with Gasteiger partial charge in [0.1, 0.15) is 5.69 Å². The quantitative estimate of drug-likeness (QED) is 0.0596. The molecule has 0 bridgehead atoms. The van der Waals surface area contributed by atoms with E-state index in [2.05, 4.69) is 127 Å². The summed E-state index contributed by atoms with van der Waals surface area (Å²) in [6.45, 7) is 0.439. The number of nitrogens with zero attached hydrogens (tertiary/aromatic N) is 10. The van der Waals surface area contributed by atoms with Gasteiger partial charge in [0.05, 0.1) is 17.8 Å². The van der Waals surface area contributed by atoms with Crippen molar-refractivity contribution in [1.29, 1.82) is 0 Å². The summed E-state index contributed by atoms with van der Waals surface area (Å²) in [5.41, 5.74) is 13.9. The number of amides is 8. The first-order chi connectivity index (χ1) is 50.8. The average Bonchev–Trinajstić information content (AvgIpc) is 1.44. The largest absolute Gasteiger partial charge is 0.348 e. The summed E-state index contributed by atoms with van der Waals surface area (Å²) in [5, 5.41) is 14.8. The van der Waals surface area contributed by atoms with Gasteiger partial charge in [-0.3, -0.25) is 49.0 Å². The first kappa shape index (κ1) is 71.1. The normalized spacial score (nSPS) is 16.3. The van der Waals surface area contributed by atoms with Gasteiger partial charge in [0.25, 0.3) is 23.6 Å². The van der Waals surface area contributed by atoms with Crippen molar-refractivity contribution in [3.8, 4) is 0 Å². The SMILES string of the molecule is CN(Cc1ccccc1)C(=O)Nc1nccnc1C(=O)NC1Cc2ccccc2C1.O=C(NC1CCCCC1)c1nccnc1CCC1Cc2ccccc2C1.O=C(NC1Cc2ccccc2C1)c1nccnc1NC(=O)C1CCCCC1.O=C1Cc2nccnc2C(=O)N1C1Cc2ccccc2C1. The number of hydrogen-bond acceptors (Lipinski definition) is 15. The predicted molar refractivity (Wildman–Crippen MR) is 393 cm³/mol. The maximum atomic E-state index is 12.8. The molecule has 0 unspecified atom stereocenters. The Bertz CT molecular complexity index is 4460. The van der Waals surface area contributed by atoms with Crippen molar-refractivity contribution in [2.75, 3.05) is 17.7 Å². The Morgan fingerprint density at radius 1 is 0.442 bits per heavy atom. The number of carbonyl (C=O) groups is 7. The molecular weight excluding hydrogens is 1310 g/mol. The van der Waals surface area contributed by atoms with Gasteiger partial charge in [-0.05, 0) is 146 Å². The van der Waals surface area contributed by atoms with E-state index in [1.54, 1.807) is 19.4 Å². The molecule has 104 heavy (non-hydrogen) atoms. The average molecular weight is 1390 g/mol. The molecule has 5 aromatic carbocycles. The van der Waals surface area contributed by atoms with Gasteiger partial charge in [-0.25, -0.2) is 34.7 Å². The van der Waals surface area contributed by atoms with Crippen LogP contribution in [-0.2, 0) is 80.3 Å². The molecule has 8 amide bonds. The van der Waals surface area contributed by atoms with Crippen molar-refractivity contribution in [3.05, 3.63) is 261 Å². The van der Waals surface area contributed by atoms with Crippen LogP contribution in [0.2, 0.25) is 0 Å². The molecular formula is C82H87N15O7. The van der Waals surface area contributed by atoms with Gasteiger partial charge in [-0.15, -0.1) is 0 Å². The molecule has 5 heterocycles. The lowest BCUT2D eigenvalue weighted by molar-refractivity contribution is -0.130. The molecule has 5 N–H and O–H groups in total. The number of imide groups is 1. The number of urea groups is 1. The molecule has 0 atom stereocenters. The standard InChI is InChI=1S/C23H23N5O2.C22H27N3O.C21H24N4O2.C16H13N3O2/c1-28(15-16-7-3-2-4-8-16)23(30)27-21-20(24-11-12-25-21)22(29)26-19-13-17-9-5-6-10-18(17)14-19;26-22(25-19-8-2-1-3-9-19)21-20(23-12-13-24-21)11-10-16-14-17-6-4-5-7-18(17)15-16;26-20(14-6-2-1-3-7-14)25-19-18(22-10-11-23-19)21(27)24-17-12-15-8-4-5-9-16(15)13-17;20-14-9-13-15(18-6-5-17-13)16(21)19(14)12-7-10-3-1-2-4-11(10)8-12/h2-12,19H,13-15H2,1H3,(H,26,29)(H,25,27,30);4-7,12-13,16,19H,1-3,8-11,14-15H2,(H,25,26);4-5,8-11,14,17H,1-3,6-7,12-13H2,(H,24,27)(H,23,25,26);1-6,12H,7-9H2. The summed E-state index contributed by atoms with van der Waals surface area (Å²) in [7, 11) is 1.69. The highest BCUT2D eigenvalue weighted by molar-refractivity contribution is 6.08. The van der Waals surface area contributed by atoms with Crippen molar-refractivity contribution in [2.24, 2.45) is 11.8 Å². The Hall–Kier alpha value is -11.3. The number of rotatable bonds is 15. The maximum Gasteiger partial charge on any atom is 0.323 e. The van der Waals surface area contributed by atoms with Crippen LogP contribution in [0.1, 0.15) is 174 Å². The third-order valence-electron chi connectivity index (χ3n) is 20.7. The summed E-state index contributed by atoms with van der Waals surface area (Å²) < 4.78 is 0. The van der Waals surface area contributed by atoms with Crippen LogP contribution in [0.3, 0.4) is 0 Å². The Morgan fingerprint density at radius 3 is 1.40 bits per heavy atom. The fraction of sp³-hybridized carbons (Fsp3) is 0.354. The number of fused-ring (bicyclic) bond motifs is 5. The molecule has 1 aliphatic heterocycles. The number of benzene rings is 5. The number of hydrogen-bond donors (Lipinski definition) is 5. The number of carbonyl (C=O) groups excluding carboxylic acids is 7. The van der Waals surface area contributed by atoms with E-state index < -0.39 is 0 Å². The van der Waals surface area contributed by atoms with Gasteiger partial charge >= 0.3 is 6.03 Å². The lowest BCUT2D eigenvalue weighted by atomic mass is 9.89. The van der Waals surface area contributed by atoms with Crippen molar-refractivity contribution in [3.63, 3.8) is 0 Å². The van der Waals surface area contributed by atoms with Crippen molar-refractivity contribution in [2.45, 2.75) is 166 Å². The highest BCUT2D eigenvalue weighted by atomic mass is 16.2. The van der Waals surface area contributed by atoms with E-state index in [-0.39, 0.29) is 95.0 Å². The zero-order chi connectivity index (χ0) is 71.7. The van der Waals surface area contributed by atoms with E-state index in [1.807, 2.05) is 66.7 Å². The van der Waals surface area contributed by atoms with Crippen LogP contribution in [0.25, 0.3) is 0 Å². The fourth-order valence-corrected chi connectivity index (χ4v) is 15.4. The smallest absolute Gasteiger partial charge is 0.323 e. The van der Waals surface area contributed by atoms with E-state index in [9.17, 15) is 33.6 Å². The molecule has 7 aliphatic rings. The molecule has 2 saturated carbocycles. The van der Waals surface area contributed by atoms with Crippen LogP contribution in [0.5, 0.6) is 0 Å². The van der Waals surface area contributed by atoms with Crippen LogP contribution >= 0.6 is 0 Å². The third kappa shape index (κ3) is 17.9. The Kier molecular flexibility index (Phi) is 23.3. The Balaban J connectivity index is 0.000000124. The van der Waals surface area contributed by atoms with Crippen LogP contribution in [-0.4, -0.2) is 122 Å². The molecule has 0 spiro atoms. The molecule has 22 nitrogen and oxygen atoms in total. The van der Waals surface area contributed by atoms with Crippen molar-refractivity contribution < 1.29 is 33.6 Å². The van der Waals surface area contributed by atoms with Crippen LogP contribution in [0.15, 0.2) is 177 Å². The van der Waals surface area contributed by atoms with Gasteiger partial charge in [0.2, 0.25) is 11.8 Å². The van der Waals surface area contributed by atoms with Crippen LogP contribution in [0, 0.1) is 11.8 Å². The van der Waals surface area contributed by atoms with Crippen molar-refractivity contribution >= 4 is 53.1 Å². The summed E-state index contributed by atoms with van der Waals surface area (Å²) in [6.07, 6.45) is 32.2. The minimum atomic E-state index is -0.360. The Labute approximate surface area is 605 Å². The molecule has 6 aliphatic carbocycles. The molecule has 0 radical (unpaired) electrons. The monoisotopic (exact) mass is 1390 g/mol. The number of aryl methyl sites for hydroxylation is 1. The van der Waals surface area contributed by atoms with E-state index in [1.165, 1.54) is 117 Å². The predicted octanol–water partition coefficient (Wildman–Crippen LogP) is 11.0. The number of anilines is 2. The molecule has 532 valence electrons. The number of aromatic nitrogens is 8. The molecule has 4 aromatic heterocycles. The van der Waals surface area contributed by atoms with E-state index in [0.717, 1.165) is 114 Å². The molecule has 2 fully saturated rings. The van der Waals surface area contributed by atoms with Gasteiger partial charge in [0, 0.05) is 93.3 Å². The maximum absolute atomic E-state index is 12.8. The molecule has 9 aromatic rings. The number of nitrogens with one attached hydrogen (secondary N) is 5. The van der Waals surface area contributed by atoms with Gasteiger partial charge < -0.3 is 26.2 Å². The molecule has 22 heteroatoms. The van der Waals surface area contributed by atoms with E-state index >= 15 is 0 Å². The lowest BCUT2D eigenvalue weighted by Gasteiger charge is -2.30. The summed E-state index contributed by atoms with van der Waals surface area (Å²) in [4.78, 5) is 125. The second kappa shape index (κ2) is 34.1. The zero-order valence-electron chi connectivity index (χ0n) is 58.6. The fourth-order valence-electron chi connectivity index (χ4n) is 15.4. The first-order valence-electron chi connectivity index (χ1n) is 36.5. The van der Waals surface area contributed by atoms with Crippen LogP contribution < -0.4 is 26.6 Å².